The van der Waals surface area contributed by atoms with Crippen molar-refractivity contribution in [3.63, 3.8) is 0 Å². The van der Waals surface area contributed by atoms with Gasteiger partial charge in [-0.05, 0) is 15.9 Å². The number of nitrogens with zero attached hydrogens (tertiary/aromatic N) is 3. The number of fused-ring (bicyclic) bond motifs is 1. The van der Waals surface area contributed by atoms with Gasteiger partial charge in [-0.1, -0.05) is 0 Å². The monoisotopic (exact) mass is 227 g/mol. The molecule has 2 aromatic heterocycles. The summed E-state index contributed by atoms with van der Waals surface area (Å²) in [6, 6.07) is 0. The molecule has 0 bridgehead atoms. The lowest BCUT2D eigenvalue weighted by atomic mass is 10.6. The van der Waals surface area contributed by atoms with Gasteiger partial charge in [-0.15, -0.1) is 0 Å². The van der Waals surface area contributed by atoms with E-state index in [-0.39, 0.29) is 0 Å². The smallest absolute Gasteiger partial charge is 0.219 e. The van der Waals surface area contributed by atoms with Crippen molar-refractivity contribution in [2.45, 2.75) is 0 Å². The number of halogens is 1. The van der Waals surface area contributed by atoms with E-state index in [2.05, 4.69) is 25.9 Å². The average molecular weight is 228 g/mol. The van der Waals surface area contributed by atoms with E-state index in [1.807, 2.05) is 4.40 Å². The third kappa shape index (κ3) is 0.972. The summed E-state index contributed by atoms with van der Waals surface area (Å²) < 4.78 is 7.78. The molecule has 62 valence electrons. The lowest BCUT2D eigenvalue weighted by Crippen LogP contribution is -1.94. The minimum absolute atomic E-state index is 0.664. The number of ether oxygens (including phenoxy) is 1. The maximum atomic E-state index is 5.10. The Morgan fingerprint density at radius 3 is 3.00 bits per heavy atom. The van der Waals surface area contributed by atoms with Gasteiger partial charge >= 0.3 is 0 Å². The van der Waals surface area contributed by atoms with Crippen molar-refractivity contribution in [2.75, 3.05) is 7.11 Å². The third-order valence-electron chi connectivity index (χ3n) is 1.55. The van der Waals surface area contributed by atoms with Gasteiger partial charge in [-0.25, -0.2) is 4.98 Å². The third-order valence-corrected chi connectivity index (χ3v) is 2.11. The fourth-order valence-electron chi connectivity index (χ4n) is 1.02. The number of methoxy groups -OCH3 is 1. The molecule has 0 amide bonds. The number of hydrogen-bond donors (Lipinski definition) is 0. The second-order valence-corrected chi connectivity index (χ2v) is 3.04. The van der Waals surface area contributed by atoms with Crippen LogP contribution < -0.4 is 4.74 Å². The molecule has 0 radical (unpaired) electrons. The zero-order valence-corrected chi connectivity index (χ0v) is 7.95. The Morgan fingerprint density at radius 1 is 1.42 bits per heavy atom. The van der Waals surface area contributed by atoms with Crippen LogP contribution in [0.15, 0.2) is 23.2 Å². The second kappa shape index (κ2) is 2.75. The summed E-state index contributed by atoms with van der Waals surface area (Å²) in [5, 5.41) is 0. The second-order valence-electron chi connectivity index (χ2n) is 2.22. The molecule has 0 spiro atoms. The fourth-order valence-corrected chi connectivity index (χ4v) is 1.48. The Morgan fingerprint density at radius 2 is 2.25 bits per heavy atom. The molecule has 0 saturated carbocycles. The first-order valence-corrected chi connectivity index (χ1v) is 4.13. The van der Waals surface area contributed by atoms with Crippen LogP contribution >= 0.6 is 15.9 Å². The van der Waals surface area contributed by atoms with Crippen LogP contribution in [0.3, 0.4) is 0 Å². The van der Waals surface area contributed by atoms with E-state index in [1.165, 1.54) is 0 Å². The number of hydrogen-bond acceptors (Lipinski definition) is 3. The molecule has 2 aromatic rings. The minimum Gasteiger partial charge on any atom is -0.481 e. The molecule has 0 aromatic carbocycles. The molecule has 5 heteroatoms. The van der Waals surface area contributed by atoms with E-state index in [9.17, 15) is 0 Å². The van der Waals surface area contributed by atoms with Crippen molar-refractivity contribution in [3.8, 4) is 5.88 Å². The van der Waals surface area contributed by atoms with Crippen molar-refractivity contribution in [2.24, 2.45) is 0 Å². The fraction of sp³-hybridized carbons (Fsp3) is 0.143. The SMILES string of the molecule is COc1cncc2ncc(Br)n12. The Hall–Kier alpha value is -1.10. The summed E-state index contributed by atoms with van der Waals surface area (Å²) in [7, 11) is 1.60. The lowest BCUT2D eigenvalue weighted by Gasteiger charge is -2.02. The number of rotatable bonds is 1. The van der Waals surface area contributed by atoms with Gasteiger partial charge in [0.25, 0.3) is 0 Å². The molecule has 12 heavy (non-hydrogen) atoms. The van der Waals surface area contributed by atoms with Gasteiger partial charge < -0.3 is 4.74 Å². The molecule has 0 unspecified atom stereocenters. The molecule has 2 heterocycles. The average Bonchev–Trinajstić information content (AvgIpc) is 2.48. The number of aromatic nitrogens is 3. The maximum absolute atomic E-state index is 5.10. The predicted octanol–water partition coefficient (Wildman–Crippen LogP) is 1.50. The molecule has 0 atom stereocenters. The molecular formula is C7H6BrN3O. The van der Waals surface area contributed by atoms with Gasteiger partial charge in [-0.3, -0.25) is 9.38 Å². The lowest BCUT2D eigenvalue weighted by molar-refractivity contribution is 0.389. The molecule has 0 aliphatic carbocycles. The minimum atomic E-state index is 0.664. The zero-order valence-electron chi connectivity index (χ0n) is 6.36. The molecule has 0 N–H and O–H groups in total. The van der Waals surface area contributed by atoms with Crippen LogP contribution in [0.25, 0.3) is 5.65 Å². The van der Waals surface area contributed by atoms with Crippen molar-refractivity contribution >= 4 is 21.6 Å². The highest BCUT2D eigenvalue weighted by atomic mass is 79.9. The van der Waals surface area contributed by atoms with E-state index in [4.69, 9.17) is 4.74 Å². The Kier molecular flexibility index (Phi) is 1.73. The summed E-state index contributed by atoms with van der Waals surface area (Å²) in [4.78, 5) is 8.07. The maximum Gasteiger partial charge on any atom is 0.219 e. The summed E-state index contributed by atoms with van der Waals surface area (Å²) in [5.74, 6) is 0.664. The molecule has 0 saturated heterocycles. The van der Waals surface area contributed by atoms with E-state index in [0.717, 1.165) is 10.3 Å². The van der Waals surface area contributed by atoms with Crippen LogP contribution in [0, 0.1) is 0 Å². The summed E-state index contributed by atoms with van der Waals surface area (Å²) in [5.41, 5.74) is 0.765. The van der Waals surface area contributed by atoms with Crippen molar-refractivity contribution in [1.82, 2.24) is 14.4 Å². The largest absolute Gasteiger partial charge is 0.481 e. The van der Waals surface area contributed by atoms with E-state index >= 15 is 0 Å². The van der Waals surface area contributed by atoms with Crippen LogP contribution in [0.5, 0.6) is 5.88 Å². The quantitative estimate of drug-likeness (QED) is 0.742. The van der Waals surface area contributed by atoms with Gasteiger partial charge in [0.15, 0.2) is 5.65 Å². The highest BCUT2D eigenvalue weighted by Gasteiger charge is 2.04. The molecule has 0 aliphatic heterocycles. The topological polar surface area (TPSA) is 39.4 Å². The highest BCUT2D eigenvalue weighted by molar-refractivity contribution is 9.10. The number of imidazole rings is 1. The molecule has 2 rings (SSSR count). The zero-order chi connectivity index (χ0) is 8.55. The van der Waals surface area contributed by atoms with E-state index in [1.54, 1.807) is 25.7 Å². The predicted molar refractivity (Wildman–Crippen MR) is 47.2 cm³/mol. The van der Waals surface area contributed by atoms with Gasteiger partial charge in [0, 0.05) is 0 Å². The standard InChI is InChI=1S/C7H6BrN3O/c1-12-7-4-9-3-6-10-2-5(8)11(6)7/h2-4H,1H3. The van der Waals surface area contributed by atoms with Crippen molar-refractivity contribution in [1.29, 1.82) is 0 Å². The van der Waals surface area contributed by atoms with Crippen LogP contribution in [-0.4, -0.2) is 21.5 Å². The summed E-state index contributed by atoms with van der Waals surface area (Å²) in [6.45, 7) is 0. The van der Waals surface area contributed by atoms with Gasteiger partial charge in [0.2, 0.25) is 5.88 Å². The molecular weight excluding hydrogens is 222 g/mol. The molecule has 0 aliphatic rings. The summed E-state index contributed by atoms with van der Waals surface area (Å²) >= 11 is 3.35. The van der Waals surface area contributed by atoms with Crippen LogP contribution in [-0.2, 0) is 0 Å². The first kappa shape index (κ1) is 7.54. The Bertz CT molecular complexity index is 412. The Labute approximate surface area is 77.3 Å². The normalized spacial score (nSPS) is 10.5. The van der Waals surface area contributed by atoms with Crippen molar-refractivity contribution in [3.05, 3.63) is 23.2 Å². The van der Waals surface area contributed by atoms with E-state index in [0.29, 0.717) is 5.88 Å². The highest BCUT2D eigenvalue weighted by Crippen LogP contribution is 2.18. The Balaban J connectivity index is 2.84. The first-order valence-electron chi connectivity index (χ1n) is 3.34. The van der Waals surface area contributed by atoms with Gasteiger partial charge in [-0.2, -0.15) is 0 Å². The van der Waals surface area contributed by atoms with Crippen molar-refractivity contribution < 1.29 is 4.74 Å². The van der Waals surface area contributed by atoms with Gasteiger partial charge in [0.1, 0.15) is 4.60 Å². The van der Waals surface area contributed by atoms with Crippen LogP contribution in [0.2, 0.25) is 0 Å². The summed E-state index contributed by atoms with van der Waals surface area (Å²) in [6.07, 6.45) is 5.02. The van der Waals surface area contributed by atoms with Crippen LogP contribution in [0.4, 0.5) is 0 Å². The first-order chi connectivity index (χ1) is 5.83. The molecule has 0 fully saturated rings. The van der Waals surface area contributed by atoms with E-state index < -0.39 is 0 Å². The van der Waals surface area contributed by atoms with Gasteiger partial charge in [0.05, 0.1) is 25.7 Å². The molecule has 4 nitrogen and oxygen atoms in total. The van der Waals surface area contributed by atoms with Crippen LogP contribution in [0.1, 0.15) is 0 Å².